The van der Waals surface area contributed by atoms with Gasteiger partial charge in [0.25, 0.3) is 0 Å². The van der Waals surface area contributed by atoms with E-state index in [1.54, 1.807) is 0 Å². The molecule has 1 aliphatic heterocycles. The first-order valence-corrected chi connectivity index (χ1v) is 7.23. The second-order valence-corrected chi connectivity index (χ2v) is 5.27. The van der Waals surface area contributed by atoms with E-state index >= 15 is 0 Å². The van der Waals surface area contributed by atoms with E-state index in [1.165, 1.54) is 23.5 Å². The Morgan fingerprint density at radius 2 is 2.29 bits per heavy atom. The molecule has 17 heavy (non-hydrogen) atoms. The van der Waals surface area contributed by atoms with Crippen molar-refractivity contribution in [3.8, 4) is 11.5 Å². The Balaban J connectivity index is 1.74. The molecule has 94 valence electrons. The Labute approximate surface area is 107 Å². The molecule has 1 heterocycles. The number of benzene rings is 1. The van der Waals surface area contributed by atoms with Crippen molar-refractivity contribution in [1.82, 2.24) is 5.32 Å². The highest BCUT2D eigenvalue weighted by atomic mass is 32.2. The number of rotatable bonds is 7. The Bertz CT molecular complexity index is 357. The van der Waals surface area contributed by atoms with E-state index in [-0.39, 0.29) is 0 Å². The molecule has 0 fully saturated rings. The van der Waals surface area contributed by atoms with Crippen molar-refractivity contribution in [2.24, 2.45) is 0 Å². The summed E-state index contributed by atoms with van der Waals surface area (Å²) in [6.07, 6.45) is 1.21. The van der Waals surface area contributed by atoms with Crippen LogP contribution in [0.2, 0.25) is 0 Å². The fourth-order valence-electron chi connectivity index (χ4n) is 1.80. The lowest BCUT2D eigenvalue weighted by molar-refractivity contribution is 0.173. The summed E-state index contributed by atoms with van der Waals surface area (Å²) in [5, 5.41) is 3.44. The lowest BCUT2D eigenvalue weighted by Gasteiger charge is -2.07. The highest BCUT2D eigenvalue weighted by Crippen LogP contribution is 2.35. The number of thioether (sulfide) groups is 1. The van der Waals surface area contributed by atoms with Crippen LogP contribution in [0.3, 0.4) is 0 Å². The molecule has 0 unspecified atom stereocenters. The summed E-state index contributed by atoms with van der Waals surface area (Å²) >= 11 is 1.99. The SMILES string of the molecule is CCSCCCNCc1cccc2c1OCO2. The molecule has 1 aromatic rings. The molecule has 0 atom stereocenters. The Kier molecular flexibility index (Phi) is 5.01. The largest absolute Gasteiger partial charge is 0.454 e. The summed E-state index contributed by atoms with van der Waals surface area (Å²) in [4.78, 5) is 0. The third kappa shape index (κ3) is 3.54. The summed E-state index contributed by atoms with van der Waals surface area (Å²) in [5.41, 5.74) is 1.18. The summed E-state index contributed by atoms with van der Waals surface area (Å²) in [7, 11) is 0. The van der Waals surface area contributed by atoms with Crippen molar-refractivity contribution < 1.29 is 9.47 Å². The summed E-state index contributed by atoms with van der Waals surface area (Å²) in [5.74, 6) is 4.21. The van der Waals surface area contributed by atoms with Crippen LogP contribution in [-0.4, -0.2) is 24.8 Å². The summed E-state index contributed by atoms with van der Waals surface area (Å²) in [6, 6.07) is 6.04. The molecule has 0 amide bonds. The Morgan fingerprint density at radius 3 is 3.18 bits per heavy atom. The number of hydrogen-bond donors (Lipinski definition) is 1. The van der Waals surface area contributed by atoms with Gasteiger partial charge in [0.1, 0.15) is 0 Å². The molecule has 0 bridgehead atoms. The normalized spacial score (nSPS) is 13.0. The van der Waals surface area contributed by atoms with Gasteiger partial charge in [-0.05, 0) is 30.5 Å². The van der Waals surface area contributed by atoms with Crippen LogP contribution in [-0.2, 0) is 6.54 Å². The average molecular weight is 253 g/mol. The van der Waals surface area contributed by atoms with E-state index in [0.29, 0.717) is 6.79 Å². The van der Waals surface area contributed by atoms with Crippen molar-refractivity contribution in [2.45, 2.75) is 19.9 Å². The molecule has 0 saturated heterocycles. The quantitative estimate of drug-likeness (QED) is 0.757. The molecule has 2 rings (SSSR count). The van der Waals surface area contributed by atoms with E-state index in [0.717, 1.165) is 24.6 Å². The second-order valence-electron chi connectivity index (χ2n) is 3.88. The van der Waals surface area contributed by atoms with Crippen LogP contribution in [0.25, 0.3) is 0 Å². The van der Waals surface area contributed by atoms with Gasteiger partial charge < -0.3 is 14.8 Å². The highest BCUT2D eigenvalue weighted by Gasteiger charge is 2.16. The van der Waals surface area contributed by atoms with Crippen molar-refractivity contribution in [1.29, 1.82) is 0 Å². The van der Waals surface area contributed by atoms with Crippen molar-refractivity contribution in [2.75, 3.05) is 24.8 Å². The van der Waals surface area contributed by atoms with Gasteiger partial charge in [-0.25, -0.2) is 0 Å². The maximum absolute atomic E-state index is 5.46. The van der Waals surface area contributed by atoms with Gasteiger partial charge in [-0.15, -0.1) is 0 Å². The predicted molar refractivity (Wildman–Crippen MR) is 71.9 cm³/mol. The van der Waals surface area contributed by atoms with E-state index in [4.69, 9.17) is 9.47 Å². The monoisotopic (exact) mass is 253 g/mol. The van der Waals surface area contributed by atoms with Gasteiger partial charge in [-0.3, -0.25) is 0 Å². The topological polar surface area (TPSA) is 30.5 Å². The Morgan fingerprint density at radius 1 is 1.35 bits per heavy atom. The first-order valence-electron chi connectivity index (χ1n) is 6.07. The van der Waals surface area contributed by atoms with Crippen LogP contribution in [0.4, 0.5) is 0 Å². The number of ether oxygens (including phenoxy) is 2. The molecular formula is C13H19NO2S. The van der Waals surface area contributed by atoms with E-state index in [1.807, 2.05) is 23.9 Å². The highest BCUT2D eigenvalue weighted by molar-refractivity contribution is 7.99. The van der Waals surface area contributed by atoms with Gasteiger partial charge in [-0.2, -0.15) is 11.8 Å². The van der Waals surface area contributed by atoms with E-state index in [2.05, 4.69) is 18.3 Å². The second kappa shape index (κ2) is 6.77. The molecule has 3 nitrogen and oxygen atoms in total. The van der Waals surface area contributed by atoms with Crippen LogP contribution in [0.1, 0.15) is 18.9 Å². The maximum Gasteiger partial charge on any atom is 0.231 e. The molecule has 0 spiro atoms. The Hall–Kier alpha value is -0.870. The van der Waals surface area contributed by atoms with Gasteiger partial charge >= 0.3 is 0 Å². The minimum atomic E-state index is 0.347. The molecular weight excluding hydrogens is 234 g/mol. The lowest BCUT2D eigenvalue weighted by atomic mass is 10.2. The minimum Gasteiger partial charge on any atom is -0.454 e. The van der Waals surface area contributed by atoms with Crippen LogP contribution < -0.4 is 14.8 Å². The van der Waals surface area contributed by atoms with Crippen molar-refractivity contribution >= 4 is 11.8 Å². The smallest absolute Gasteiger partial charge is 0.231 e. The molecule has 0 radical (unpaired) electrons. The van der Waals surface area contributed by atoms with Gasteiger partial charge in [0, 0.05) is 12.1 Å². The molecule has 0 aliphatic carbocycles. The van der Waals surface area contributed by atoms with Crippen molar-refractivity contribution in [3.05, 3.63) is 23.8 Å². The van der Waals surface area contributed by atoms with Crippen molar-refractivity contribution in [3.63, 3.8) is 0 Å². The number of fused-ring (bicyclic) bond motifs is 1. The standard InChI is InChI=1S/C13H19NO2S/c1-2-17-8-4-7-14-9-11-5-3-6-12-13(11)16-10-15-12/h3,5-6,14H,2,4,7-10H2,1H3. The maximum atomic E-state index is 5.46. The summed E-state index contributed by atoms with van der Waals surface area (Å²) < 4.78 is 10.8. The fraction of sp³-hybridized carbons (Fsp3) is 0.538. The van der Waals surface area contributed by atoms with Crippen LogP contribution in [0.15, 0.2) is 18.2 Å². The average Bonchev–Trinajstić information content (AvgIpc) is 2.82. The minimum absolute atomic E-state index is 0.347. The lowest BCUT2D eigenvalue weighted by Crippen LogP contribution is -2.15. The zero-order valence-electron chi connectivity index (χ0n) is 10.2. The van der Waals surface area contributed by atoms with Crippen LogP contribution >= 0.6 is 11.8 Å². The number of hydrogen-bond acceptors (Lipinski definition) is 4. The van der Waals surface area contributed by atoms with Gasteiger partial charge in [-0.1, -0.05) is 19.1 Å². The first-order chi connectivity index (χ1) is 8.42. The third-order valence-corrected chi connectivity index (χ3v) is 3.63. The van der Waals surface area contributed by atoms with E-state index in [9.17, 15) is 0 Å². The third-order valence-electron chi connectivity index (χ3n) is 2.64. The molecule has 0 saturated carbocycles. The number of para-hydroxylation sites is 1. The predicted octanol–water partition coefficient (Wildman–Crippen LogP) is 2.65. The zero-order valence-corrected chi connectivity index (χ0v) is 11.0. The molecule has 1 aromatic carbocycles. The van der Waals surface area contributed by atoms with Gasteiger partial charge in [0.15, 0.2) is 11.5 Å². The molecule has 1 N–H and O–H groups in total. The van der Waals surface area contributed by atoms with Crippen LogP contribution in [0.5, 0.6) is 11.5 Å². The van der Waals surface area contributed by atoms with Gasteiger partial charge in [0.2, 0.25) is 6.79 Å². The number of nitrogens with one attached hydrogen (secondary N) is 1. The fourth-order valence-corrected chi connectivity index (χ4v) is 2.43. The van der Waals surface area contributed by atoms with Crippen LogP contribution in [0, 0.1) is 0 Å². The first kappa shape index (κ1) is 12.6. The molecule has 4 heteroatoms. The van der Waals surface area contributed by atoms with Gasteiger partial charge in [0.05, 0.1) is 0 Å². The molecule has 1 aliphatic rings. The molecule has 0 aromatic heterocycles. The van der Waals surface area contributed by atoms with E-state index < -0.39 is 0 Å². The zero-order chi connectivity index (χ0) is 11.9. The summed E-state index contributed by atoms with van der Waals surface area (Å²) in [6.45, 7) is 4.45.